The molecular formula is C20H26N4O2. The molecule has 0 atom stereocenters. The summed E-state index contributed by atoms with van der Waals surface area (Å²) < 4.78 is 7.72. The molecule has 138 valence electrons. The maximum Gasteiger partial charge on any atom is 0.274 e. The van der Waals surface area contributed by atoms with E-state index in [4.69, 9.17) is 4.74 Å². The van der Waals surface area contributed by atoms with Crippen molar-refractivity contribution in [2.75, 3.05) is 5.32 Å². The Kier molecular flexibility index (Phi) is 4.91. The van der Waals surface area contributed by atoms with Crippen molar-refractivity contribution < 1.29 is 9.53 Å². The van der Waals surface area contributed by atoms with E-state index in [1.165, 1.54) is 19.3 Å². The molecule has 4 rings (SSSR count). The summed E-state index contributed by atoms with van der Waals surface area (Å²) in [5.74, 6) is 0.472. The van der Waals surface area contributed by atoms with Crippen molar-refractivity contribution in [2.45, 2.75) is 63.9 Å². The van der Waals surface area contributed by atoms with Gasteiger partial charge in [0.05, 0.1) is 5.69 Å². The van der Waals surface area contributed by atoms with Gasteiger partial charge >= 0.3 is 0 Å². The largest absolute Gasteiger partial charge is 0.474 e. The molecule has 0 bridgehead atoms. The van der Waals surface area contributed by atoms with E-state index in [1.807, 2.05) is 13.1 Å². The first-order valence-electron chi connectivity index (χ1n) is 9.69. The van der Waals surface area contributed by atoms with Gasteiger partial charge in [-0.2, -0.15) is 5.10 Å². The van der Waals surface area contributed by atoms with E-state index in [1.54, 1.807) is 16.9 Å². The molecule has 0 saturated heterocycles. The van der Waals surface area contributed by atoms with Gasteiger partial charge in [-0.05, 0) is 57.4 Å². The van der Waals surface area contributed by atoms with E-state index in [9.17, 15) is 4.79 Å². The molecule has 2 aromatic heterocycles. The number of nitrogens with zero attached hydrogens (tertiary/aromatic N) is 3. The summed E-state index contributed by atoms with van der Waals surface area (Å²) in [5, 5.41) is 7.52. The molecule has 0 aliphatic heterocycles. The average Bonchev–Trinajstić information content (AvgIpc) is 2.98. The molecule has 2 aliphatic carbocycles. The van der Waals surface area contributed by atoms with E-state index in [2.05, 4.69) is 15.4 Å². The lowest BCUT2D eigenvalue weighted by atomic mass is 9.95. The number of pyridine rings is 1. The highest BCUT2D eigenvalue weighted by atomic mass is 16.5. The minimum atomic E-state index is -0.113. The van der Waals surface area contributed by atoms with Gasteiger partial charge in [-0.15, -0.1) is 0 Å². The Morgan fingerprint density at radius 1 is 1.19 bits per heavy atom. The van der Waals surface area contributed by atoms with Crippen LogP contribution in [0.25, 0.3) is 0 Å². The highest BCUT2D eigenvalue weighted by molar-refractivity contribution is 6.04. The van der Waals surface area contributed by atoms with Gasteiger partial charge in [0.25, 0.3) is 5.91 Å². The van der Waals surface area contributed by atoms with Gasteiger partial charge in [-0.3, -0.25) is 9.48 Å². The van der Waals surface area contributed by atoms with Crippen LogP contribution in [0.3, 0.4) is 0 Å². The average molecular weight is 354 g/mol. The van der Waals surface area contributed by atoms with Gasteiger partial charge in [-0.1, -0.05) is 6.42 Å². The Labute approximate surface area is 154 Å². The minimum absolute atomic E-state index is 0.113. The molecule has 1 amide bonds. The predicted molar refractivity (Wildman–Crippen MR) is 99.5 cm³/mol. The summed E-state index contributed by atoms with van der Waals surface area (Å²) in [5.41, 5.74) is 3.55. The van der Waals surface area contributed by atoms with Crippen LogP contribution in [0, 0.1) is 0 Å². The van der Waals surface area contributed by atoms with E-state index in [0.29, 0.717) is 17.3 Å². The first-order chi connectivity index (χ1) is 12.7. The van der Waals surface area contributed by atoms with Crippen molar-refractivity contribution in [1.29, 1.82) is 0 Å². The quantitative estimate of drug-likeness (QED) is 0.910. The number of carbonyl (C=O) groups excluding carboxylic acids is 1. The van der Waals surface area contributed by atoms with Crippen LogP contribution in [0.4, 0.5) is 5.69 Å². The van der Waals surface area contributed by atoms with Crippen molar-refractivity contribution in [3.8, 4) is 5.88 Å². The molecule has 0 radical (unpaired) electrons. The molecule has 0 unspecified atom stereocenters. The predicted octanol–water partition coefficient (Wildman–Crippen LogP) is 3.66. The summed E-state index contributed by atoms with van der Waals surface area (Å²) in [7, 11) is 1.84. The summed E-state index contributed by atoms with van der Waals surface area (Å²) in [6, 6.07) is 3.61. The smallest absolute Gasteiger partial charge is 0.274 e. The fraction of sp³-hybridized carbons (Fsp3) is 0.550. The zero-order valence-electron chi connectivity index (χ0n) is 15.3. The van der Waals surface area contributed by atoms with Crippen LogP contribution in [0.1, 0.15) is 66.7 Å². The van der Waals surface area contributed by atoms with Crippen molar-refractivity contribution in [2.24, 2.45) is 7.05 Å². The first kappa shape index (κ1) is 17.1. The van der Waals surface area contributed by atoms with Crippen LogP contribution in [0.2, 0.25) is 0 Å². The number of carbonyl (C=O) groups is 1. The van der Waals surface area contributed by atoms with Crippen LogP contribution >= 0.6 is 0 Å². The van der Waals surface area contributed by atoms with E-state index < -0.39 is 0 Å². The fourth-order valence-electron chi connectivity index (χ4n) is 4.06. The second-order valence-corrected chi connectivity index (χ2v) is 7.32. The highest BCUT2D eigenvalue weighted by Crippen LogP contribution is 2.26. The lowest BCUT2D eigenvalue weighted by molar-refractivity contribution is 0.101. The number of ether oxygens (including phenoxy) is 1. The van der Waals surface area contributed by atoms with Crippen molar-refractivity contribution >= 4 is 11.6 Å². The Bertz CT molecular complexity index is 793. The monoisotopic (exact) mass is 354 g/mol. The molecule has 26 heavy (non-hydrogen) atoms. The number of aromatic nitrogens is 3. The van der Waals surface area contributed by atoms with Gasteiger partial charge < -0.3 is 10.1 Å². The Morgan fingerprint density at radius 3 is 2.85 bits per heavy atom. The third-order valence-corrected chi connectivity index (χ3v) is 5.37. The second kappa shape index (κ2) is 7.48. The SMILES string of the molecule is Cn1nc2c(c1C(=O)Nc1ccnc(OC3CCCCC3)c1)CCCC2. The molecule has 2 heterocycles. The topological polar surface area (TPSA) is 69.0 Å². The number of anilines is 1. The highest BCUT2D eigenvalue weighted by Gasteiger charge is 2.24. The number of hydrogen-bond acceptors (Lipinski definition) is 4. The maximum absolute atomic E-state index is 12.8. The molecule has 0 aromatic carbocycles. The number of hydrogen-bond donors (Lipinski definition) is 1. The molecule has 1 N–H and O–H groups in total. The number of aryl methyl sites for hydroxylation is 2. The van der Waals surface area contributed by atoms with Crippen LogP contribution in [0.5, 0.6) is 5.88 Å². The number of rotatable bonds is 4. The summed E-state index contributed by atoms with van der Waals surface area (Å²) >= 11 is 0. The number of nitrogens with one attached hydrogen (secondary N) is 1. The molecule has 2 aromatic rings. The van der Waals surface area contributed by atoms with Gasteiger partial charge in [0.15, 0.2) is 0 Å². The fourth-order valence-corrected chi connectivity index (χ4v) is 4.06. The molecule has 2 aliphatic rings. The van der Waals surface area contributed by atoms with E-state index >= 15 is 0 Å². The molecular weight excluding hydrogens is 328 g/mol. The molecule has 0 spiro atoms. The Balaban J connectivity index is 1.48. The van der Waals surface area contributed by atoms with Crippen LogP contribution < -0.4 is 10.1 Å². The zero-order chi connectivity index (χ0) is 17.9. The normalized spacial score (nSPS) is 17.6. The molecule has 1 saturated carbocycles. The van der Waals surface area contributed by atoms with Crippen molar-refractivity contribution in [3.05, 3.63) is 35.3 Å². The second-order valence-electron chi connectivity index (χ2n) is 7.32. The van der Waals surface area contributed by atoms with Crippen LogP contribution in [0.15, 0.2) is 18.3 Å². The van der Waals surface area contributed by atoms with Gasteiger partial charge in [0, 0.05) is 30.6 Å². The van der Waals surface area contributed by atoms with Crippen LogP contribution in [-0.4, -0.2) is 26.8 Å². The molecule has 6 nitrogen and oxygen atoms in total. The summed E-state index contributed by atoms with van der Waals surface area (Å²) in [6.07, 6.45) is 12.0. The van der Waals surface area contributed by atoms with E-state index in [-0.39, 0.29) is 12.0 Å². The van der Waals surface area contributed by atoms with Crippen molar-refractivity contribution in [1.82, 2.24) is 14.8 Å². The summed E-state index contributed by atoms with van der Waals surface area (Å²) in [6.45, 7) is 0. The third kappa shape index (κ3) is 3.59. The molecule has 6 heteroatoms. The van der Waals surface area contributed by atoms with Gasteiger partial charge in [-0.25, -0.2) is 4.98 Å². The maximum atomic E-state index is 12.8. The summed E-state index contributed by atoms with van der Waals surface area (Å²) in [4.78, 5) is 17.1. The van der Waals surface area contributed by atoms with Gasteiger partial charge in [0.1, 0.15) is 11.8 Å². The molecule has 1 fully saturated rings. The third-order valence-electron chi connectivity index (χ3n) is 5.37. The lowest BCUT2D eigenvalue weighted by Crippen LogP contribution is -2.21. The van der Waals surface area contributed by atoms with Crippen LogP contribution in [-0.2, 0) is 19.9 Å². The van der Waals surface area contributed by atoms with Crippen molar-refractivity contribution in [3.63, 3.8) is 0 Å². The standard InChI is InChI=1S/C20H26N4O2/c1-24-19(16-9-5-6-10-17(16)23-24)20(25)22-14-11-12-21-18(13-14)26-15-7-3-2-4-8-15/h11-13,15H,2-10H2,1H3,(H,21,22,25). The number of fused-ring (bicyclic) bond motifs is 1. The Hall–Kier alpha value is -2.37. The van der Waals surface area contributed by atoms with Gasteiger partial charge in [0.2, 0.25) is 5.88 Å². The number of amides is 1. The Morgan fingerprint density at radius 2 is 2.00 bits per heavy atom. The first-order valence-corrected chi connectivity index (χ1v) is 9.69. The van der Waals surface area contributed by atoms with E-state index in [0.717, 1.165) is 49.8 Å². The lowest BCUT2D eigenvalue weighted by Gasteiger charge is -2.22. The zero-order valence-corrected chi connectivity index (χ0v) is 15.3. The minimum Gasteiger partial charge on any atom is -0.474 e.